The lowest BCUT2D eigenvalue weighted by Crippen LogP contribution is -2.44. The zero-order valence-corrected chi connectivity index (χ0v) is 12.1. The van der Waals surface area contributed by atoms with Crippen LogP contribution in [0.5, 0.6) is 0 Å². The molecule has 0 aromatic carbocycles. The Bertz CT molecular complexity index is 337. The fourth-order valence-corrected chi connectivity index (χ4v) is 3.06. The van der Waals surface area contributed by atoms with Gasteiger partial charge in [0.1, 0.15) is 6.61 Å². The maximum Gasteiger partial charge on any atom is 0.348 e. The maximum atomic E-state index is 12.0. The van der Waals surface area contributed by atoms with Crippen LogP contribution in [0.25, 0.3) is 0 Å². The number of hydrogen-bond donors (Lipinski definition) is 0. The summed E-state index contributed by atoms with van der Waals surface area (Å²) < 4.78 is 6.23. The molecule has 0 radical (unpaired) electrons. The van der Waals surface area contributed by atoms with Crippen LogP contribution in [0.1, 0.15) is 41.5 Å². The van der Waals surface area contributed by atoms with Crippen molar-refractivity contribution in [3.8, 4) is 0 Å². The Morgan fingerprint density at radius 1 is 1.00 bits per heavy atom. The summed E-state index contributed by atoms with van der Waals surface area (Å²) in [6.45, 7) is 13.2. The van der Waals surface area contributed by atoms with Crippen LogP contribution in [0, 0.1) is 22.7 Å². The molecular weight excluding hydrogens is 232 g/mol. The second-order valence-electron chi connectivity index (χ2n) is 7.59. The molecule has 2 aliphatic rings. The summed E-state index contributed by atoms with van der Waals surface area (Å²) in [5.41, 5.74) is -0.0941. The van der Waals surface area contributed by atoms with E-state index in [4.69, 9.17) is 14.5 Å². The van der Waals surface area contributed by atoms with Gasteiger partial charge >= 0.3 is 5.97 Å². The Hall–Kier alpha value is -0.610. The SMILES string of the molecule is CC(C)(C)C1OC(C(C)(C)C)C2C(=O)OOCC21. The molecule has 0 amide bonds. The standard InChI is InChI=1S/C14H24O4/c1-13(2,3)10-8-7-16-18-12(15)9(8)11(17-10)14(4,5)6/h8-11H,7H2,1-6H3. The highest BCUT2D eigenvalue weighted by atomic mass is 17.2. The topological polar surface area (TPSA) is 44.8 Å². The fraction of sp³-hybridized carbons (Fsp3) is 0.929. The molecule has 2 rings (SSSR count). The molecule has 104 valence electrons. The predicted molar refractivity (Wildman–Crippen MR) is 66.6 cm³/mol. The van der Waals surface area contributed by atoms with E-state index >= 15 is 0 Å². The van der Waals surface area contributed by atoms with Gasteiger partial charge in [-0.25, -0.2) is 4.79 Å². The van der Waals surface area contributed by atoms with Crippen LogP contribution < -0.4 is 0 Å². The molecule has 2 aliphatic heterocycles. The van der Waals surface area contributed by atoms with E-state index in [2.05, 4.69) is 41.5 Å². The van der Waals surface area contributed by atoms with E-state index in [0.29, 0.717) is 6.61 Å². The molecule has 0 bridgehead atoms. The predicted octanol–water partition coefficient (Wildman–Crippen LogP) is 2.57. The molecule has 0 aromatic rings. The van der Waals surface area contributed by atoms with Gasteiger partial charge in [-0.1, -0.05) is 41.5 Å². The van der Waals surface area contributed by atoms with E-state index in [1.54, 1.807) is 0 Å². The Kier molecular flexibility index (Phi) is 3.23. The molecule has 0 spiro atoms. The maximum absolute atomic E-state index is 12.0. The van der Waals surface area contributed by atoms with Crippen molar-refractivity contribution in [1.82, 2.24) is 0 Å². The Balaban J connectivity index is 2.33. The zero-order chi connectivity index (χ0) is 13.7. The van der Waals surface area contributed by atoms with E-state index in [9.17, 15) is 4.79 Å². The molecule has 2 fully saturated rings. The van der Waals surface area contributed by atoms with Gasteiger partial charge in [-0.3, -0.25) is 4.89 Å². The van der Waals surface area contributed by atoms with Gasteiger partial charge in [-0.05, 0) is 10.8 Å². The molecule has 18 heavy (non-hydrogen) atoms. The lowest BCUT2D eigenvalue weighted by molar-refractivity contribution is -0.303. The lowest BCUT2D eigenvalue weighted by Gasteiger charge is -2.33. The fourth-order valence-electron chi connectivity index (χ4n) is 3.06. The summed E-state index contributed by atoms with van der Waals surface area (Å²) in [5, 5.41) is 0. The Morgan fingerprint density at radius 3 is 2.06 bits per heavy atom. The summed E-state index contributed by atoms with van der Waals surface area (Å²) in [5.74, 6) is -0.392. The van der Waals surface area contributed by atoms with Crippen LogP contribution >= 0.6 is 0 Å². The Morgan fingerprint density at radius 2 is 1.56 bits per heavy atom. The minimum Gasteiger partial charge on any atom is -0.373 e. The number of hydrogen-bond acceptors (Lipinski definition) is 4. The average Bonchev–Trinajstić information content (AvgIpc) is 2.56. The first kappa shape index (κ1) is 13.8. The van der Waals surface area contributed by atoms with Gasteiger partial charge in [0.2, 0.25) is 0 Å². The minimum atomic E-state index is -0.280. The van der Waals surface area contributed by atoms with Crippen LogP contribution in [0.3, 0.4) is 0 Å². The first-order chi connectivity index (χ1) is 8.12. The van der Waals surface area contributed by atoms with Crippen LogP contribution in [0.15, 0.2) is 0 Å². The van der Waals surface area contributed by atoms with E-state index in [0.717, 1.165) is 0 Å². The molecule has 4 atom stereocenters. The first-order valence-corrected chi connectivity index (χ1v) is 6.61. The third-order valence-corrected chi connectivity index (χ3v) is 3.85. The molecule has 4 nitrogen and oxygen atoms in total. The van der Waals surface area contributed by atoms with E-state index in [1.807, 2.05) is 0 Å². The van der Waals surface area contributed by atoms with Gasteiger partial charge in [-0.2, -0.15) is 4.89 Å². The van der Waals surface area contributed by atoms with Crippen molar-refractivity contribution in [3.63, 3.8) is 0 Å². The van der Waals surface area contributed by atoms with Crippen molar-refractivity contribution in [2.75, 3.05) is 6.61 Å². The van der Waals surface area contributed by atoms with Crippen molar-refractivity contribution in [3.05, 3.63) is 0 Å². The van der Waals surface area contributed by atoms with E-state index in [1.165, 1.54) is 0 Å². The van der Waals surface area contributed by atoms with Crippen LogP contribution in [0.4, 0.5) is 0 Å². The average molecular weight is 256 g/mol. The molecular formula is C14H24O4. The summed E-state index contributed by atoms with van der Waals surface area (Å²) in [4.78, 5) is 21.7. The second-order valence-corrected chi connectivity index (χ2v) is 7.59. The van der Waals surface area contributed by atoms with Crippen LogP contribution in [0.2, 0.25) is 0 Å². The number of carbonyl (C=O) groups excluding carboxylic acids is 1. The van der Waals surface area contributed by atoms with Gasteiger partial charge in [0.25, 0.3) is 0 Å². The number of rotatable bonds is 0. The smallest absolute Gasteiger partial charge is 0.348 e. The number of fused-ring (bicyclic) bond motifs is 1. The monoisotopic (exact) mass is 256 g/mol. The number of carbonyl (C=O) groups is 1. The van der Waals surface area contributed by atoms with Gasteiger partial charge in [0.15, 0.2) is 0 Å². The quantitative estimate of drug-likeness (QED) is 0.625. The van der Waals surface area contributed by atoms with Crippen molar-refractivity contribution in [1.29, 1.82) is 0 Å². The minimum absolute atomic E-state index is 0.0100. The van der Waals surface area contributed by atoms with E-state index in [-0.39, 0.29) is 40.8 Å². The molecule has 0 aliphatic carbocycles. The molecule has 4 unspecified atom stereocenters. The second kappa shape index (κ2) is 4.20. The summed E-state index contributed by atoms with van der Waals surface area (Å²) >= 11 is 0. The van der Waals surface area contributed by atoms with E-state index < -0.39 is 0 Å². The third kappa shape index (κ3) is 2.28. The van der Waals surface area contributed by atoms with Gasteiger partial charge < -0.3 is 4.74 Å². The molecule has 2 heterocycles. The highest BCUT2D eigenvalue weighted by Crippen LogP contribution is 2.48. The summed E-state index contributed by atoms with van der Waals surface area (Å²) in [6.07, 6.45) is -0.0808. The van der Waals surface area contributed by atoms with Crippen LogP contribution in [-0.2, 0) is 19.3 Å². The van der Waals surface area contributed by atoms with Crippen LogP contribution in [-0.4, -0.2) is 24.8 Å². The summed E-state index contributed by atoms with van der Waals surface area (Å²) in [7, 11) is 0. The lowest BCUT2D eigenvalue weighted by atomic mass is 9.73. The van der Waals surface area contributed by atoms with Gasteiger partial charge in [-0.15, -0.1) is 0 Å². The first-order valence-electron chi connectivity index (χ1n) is 6.61. The molecule has 0 N–H and O–H groups in total. The van der Waals surface area contributed by atoms with Crippen molar-refractivity contribution in [2.45, 2.75) is 53.8 Å². The highest BCUT2D eigenvalue weighted by Gasteiger charge is 2.57. The third-order valence-electron chi connectivity index (χ3n) is 3.85. The molecule has 0 saturated carbocycles. The summed E-state index contributed by atoms with van der Waals surface area (Å²) in [6, 6.07) is 0. The molecule has 4 heteroatoms. The number of ether oxygens (including phenoxy) is 1. The van der Waals surface area contributed by atoms with Crippen molar-refractivity contribution >= 4 is 5.97 Å². The molecule has 2 saturated heterocycles. The van der Waals surface area contributed by atoms with Gasteiger partial charge in [0.05, 0.1) is 18.1 Å². The highest BCUT2D eigenvalue weighted by molar-refractivity contribution is 5.74. The zero-order valence-electron chi connectivity index (χ0n) is 12.1. The Labute approximate surface area is 109 Å². The van der Waals surface area contributed by atoms with Crippen molar-refractivity contribution < 1.29 is 19.3 Å². The normalized spacial score (nSPS) is 37.3. The van der Waals surface area contributed by atoms with Gasteiger partial charge in [0, 0.05) is 5.92 Å². The molecule has 0 aromatic heterocycles. The van der Waals surface area contributed by atoms with Crippen molar-refractivity contribution in [2.24, 2.45) is 22.7 Å². The largest absolute Gasteiger partial charge is 0.373 e.